The molecule has 1 amide bonds. The van der Waals surface area contributed by atoms with Gasteiger partial charge in [0.15, 0.2) is 0 Å². The summed E-state index contributed by atoms with van der Waals surface area (Å²) in [6.07, 6.45) is 7.70. The van der Waals surface area contributed by atoms with Gasteiger partial charge in [-0.15, -0.1) is 0 Å². The molecule has 3 atom stereocenters. The molecule has 0 fully saturated rings. The van der Waals surface area contributed by atoms with Crippen molar-refractivity contribution < 1.29 is 4.79 Å². The largest absolute Gasteiger partial charge is 0.378 e. The van der Waals surface area contributed by atoms with Crippen LogP contribution in [0.3, 0.4) is 0 Å². The molecule has 0 saturated carbocycles. The van der Waals surface area contributed by atoms with E-state index in [4.69, 9.17) is 0 Å². The molecular formula is C29H32N2O. The van der Waals surface area contributed by atoms with Crippen molar-refractivity contribution in [1.82, 2.24) is 4.90 Å². The summed E-state index contributed by atoms with van der Waals surface area (Å²) in [5.74, 6) is 0.959. The number of carbonyl (C=O) groups excluding carboxylic acids is 1. The van der Waals surface area contributed by atoms with Gasteiger partial charge < -0.3 is 10.2 Å². The number of benzene rings is 3. The van der Waals surface area contributed by atoms with E-state index < -0.39 is 0 Å². The molecule has 0 aromatic heterocycles. The van der Waals surface area contributed by atoms with Crippen LogP contribution in [-0.2, 0) is 0 Å². The summed E-state index contributed by atoms with van der Waals surface area (Å²) in [5.41, 5.74) is 4.60. The van der Waals surface area contributed by atoms with Crippen molar-refractivity contribution in [2.24, 2.45) is 5.92 Å². The minimum atomic E-state index is 0.159. The number of rotatable bonds is 6. The van der Waals surface area contributed by atoms with E-state index in [1.807, 2.05) is 11.0 Å². The zero-order valence-electron chi connectivity index (χ0n) is 19.1. The maximum atomic E-state index is 13.2. The average molecular weight is 425 g/mol. The molecule has 3 unspecified atom stereocenters. The second kappa shape index (κ2) is 8.82. The van der Waals surface area contributed by atoms with Crippen LogP contribution < -0.4 is 5.32 Å². The van der Waals surface area contributed by atoms with Gasteiger partial charge in [0.2, 0.25) is 0 Å². The Morgan fingerprint density at radius 2 is 1.75 bits per heavy atom. The monoisotopic (exact) mass is 424 g/mol. The van der Waals surface area contributed by atoms with Crippen molar-refractivity contribution in [2.75, 3.05) is 18.4 Å². The second-order valence-electron chi connectivity index (χ2n) is 9.14. The van der Waals surface area contributed by atoms with Gasteiger partial charge in [0, 0.05) is 30.3 Å². The van der Waals surface area contributed by atoms with Crippen LogP contribution in [0.25, 0.3) is 10.8 Å². The van der Waals surface area contributed by atoms with Gasteiger partial charge in [-0.2, -0.15) is 0 Å². The fourth-order valence-corrected chi connectivity index (χ4v) is 5.59. The minimum Gasteiger partial charge on any atom is -0.378 e. The number of nitrogens with zero attached hydrogens (tertiary/aromatic N) is 1. The molecule has 5 rings (SSSR count). The molecule has 1 aliphatic carbocycles. The zero-order chi connectivity index (χ0) is 22.1. The Balaban J connectivity index is 1.52. The molecule has 0 bridgehead atoms. The summed E-state index contributed by atoms with van der Waals surface area (Å²) in [7, 11) is 0. The van der Waals surface area contributed by atoms with E-state index >= 15 is 0 Å². The number of anilines is 1. The fraction of sp³-hybridized carbons (Fsp3) is 0.345. The molecule has 0 spiro atoms. The highest BCUT2D eigenvalue weighted by Gasteiger charge is 2.38. The number of hydrogen-bond acceptors (Lipinski definition) is 2. The summed E-state index contributed by atoms with van der Waals surface area (Å²) < 4.78 is 0. The molecule has 1 N–H and O–H groups in total. The Labute approximate surface area is 191 Å². The quantitative estimate of drug-likeness (QED) is 0.435. The third kappa shape index (κ3) is 3.60. The van der Waals surface area contributed by atoms with Gasteiger partial charge in [0.25, 0.3) is 5.91 Å². The fourth-order valence-electron chi connectivity index (χ4n) is 5.59. The molecule has 0 radical (unpaired) electrons. The number of hydrogen-bond donors (Lipinski definition) is 1. The first kappa shape index (κ1) is 20.8. The Kier molecular flexibility index (Phi) is 5.73. The predicted octanol–water partition coefficient (Wildman–Crippen LogP) is 6.93. The maximum Gasteiger partial charge on any atom is 0.253 e. The van der Waals surface area contributed by atoms with Crippen LogP contribution in [0.5, 0.6) is 0 Å². The molecule has 164 valence electrons. The third-order valence-corrected chi connectivity index (χ3v) is 7.04. The first-order valence-corrected chi connectivity index (χ1v) is 12.0. The van der Waals surface area contributed by atoms with E-state index in [9.17, 15) is 4.79 Å². The van der Waals surface area contributed by atoms with Gasteiger partial charge in [-0.3, -0.25) is 4.79 Å². The summed E-state index contributed by atoms with van der Waals surface area (Å²) in [5, 5.41) is 6.47. The molecule has 2 aliphatic rings. The minimum absolute atomic E-state index is 0.159. The smallest absolute Gasteiger partial charge is 0.253 e. The average Bonchev–Trinajstić information content (AvgIpc) is 3.33. The van der Waals surface area contributed by atoms with E-state index in [0.717, 1.165) is 43.6 Å². The molecule has 0 saturated heterocycles. The molecule has 1 heterocycles. The summed E-state index contributed by atoms with van der Waals surface area (Å²) in [6.45, 7) is 5.90. The second-order valence-corrected chi connectivity index (χ2v) is 9.14. The molecule has 3 heteroatoms. The van der Waals surface area contributed by atoms with Crippen molar-refractivity contribution in [3.05, 3.63) is 89.5 Å². The summed E-state index contributed by atoms with van der Waals surface area (Å²) in [4.78, 5) is 15.2. The van der Waals surface area contributed by atoms with Crippen LogP contribution in [0.4, 0.5) is 5.69 Å². The van der Waals surface area contributed by atoms with E-state index in [1.165, 1.54) is 21.9 Å². The van der Waals surface area contributed by atoms with E-state index in [2.05, 4.69) is 85.9 Å². The Morgan fingerprint density at radius 3 is 2.56 bits per heavy atom. The van der Waals surface area contributed by atoms with Crippen LogP contribution in [0, 0.1) is 5.92 Å². The number of amides is 1. The summed E-state index contributed by atoms with van der Waals surface area (Å²) in [6, 6.07) is 21.8. The van der Waals surface area contributed by atoms with Gasteiger partial charge >= 0.3 is 0 Å². The lowest BCUT2D eigenvalue weighted by atomic mass is 9.76. The van der Waals surface area contributed by atoms with E-state index in [1.54, 1.807) is 0 Å². The first-order chi connectivity index (χ1) is 15.7. The number of fused-ring (bicyclic) bond motifs is 4. The lowest BCUT2D eigenvalue weighted by Gasteiger charge is -2.38. The van der Waals surface area contributed by atoms with Crippen LogP contribution >= 0.6 is 0 Å². The number of carbonyl (C=O) groups is 1. The van der Waals surface area contributed by atoms with Gasteiger partial charge in [0.1, 0.15) is 0 Å². The number of nitrogens with one attached hydrogen (secondary N) is 1. The maximum absolute atomic E-state index is 13.2. The van der Waals surface area contributed by atoms with Gasteiger partial charge in [-0.25, -0.2) is 0 Å². The van der Waals surface area contributed by atoms with Crippen LogP contribution in [0.15, 0.2) is 72.8 Å². The number of allylic oxidation sites excluding steroid dienone is 2. The molecule has 1 aliphatic heterocycles. The topological polar surface area (TPSA) is 32.3 Å². The van der Waals surface area contributed by atoms with E-state index in [-0.39, 0.29) is 11.9 Å². The van der Waals surface area contributed by atoms with Crippen molar-refractivity contribution in [1.29, 1.82) is 0 Å². The highest BCUT2D eigenvalue weighted by atomic mass is 16.2. The van der Waals surface area contributed by atoms with E-state index in [0.29, 0.717) is 11.8 Å². The van der Waals surface area contributed by atoms with Crippen molar-refractivity contribution in [3.8, 4) is 0 Å². The zero-order valence-corrected chi connectivity index (χ0v) is 19.1. The SMILES string of the molecule is CCCN(CCC)C(=O)c1ccc2c(c1)C1C=CCC1C(c1cccc3ccccc13)N2. The highest BCUT2D eigenvalue weighted by molar-refractivity contribution is 5.95. The third-order valence-electron chi connectivity index (χ3n) is 7.04. The normalized spacial score (nSPS) is 21.1. The van der Waals surface area contributed by atoms with Gasteiger partial charge in [0.05, 0.1) is 6.04 Å². The standard InChI is InChI=1S/C29H32N2O/c1-3-17-31(18-4-2)29(32)21-15-16-27-26(19-21)23-12-8-14-25(23)28(30-27)24-13-7-10-20-9-5-6-11-22(20)24/h5-13,15-16,19,23,25,28,30H,3-4,14,17-18H2,1-2H3. The summed E-state index contributed by atoms with van der Waals surface area (Å²) >= 11 is 0. The molecule has 3 aromatic rings. The van der Waals surface area contributed by atoms with Crippen molar-refractivity contribution >= 4 is 22.4 Å². The Morgan fingerprint density at radius 1 is 0.969 bits per heavy atom. The molecule has 3 nitrogen and oxygen atoms in total. The predicted molar refractivity (Wildman–Crippen MR) is 133 cm³/mol. The van der Waals surface area contributed by atoms with Crippen molar-refractivity contribution in [2.45, 2.75) is 45.1 Å². The van der Waals surface area contributed by atoms with Crippen LogP contribution in [-0.4, -0.2) is 23.9 Å². The van der Waals surface area contributed by atoms with Gasteiger partial charge in [-0.05, 0) is 65.3 Å². The van der Waals surface area contributed by atoms with Crippen LogP contribution in [0.1, 0.15) is 66.6 Å². The lowest BCUT2D eigenvalue weighted by Crippen LogP contribution is -2.33. The van der Waals surface area contributed by atoms with Crippen LogP contribution in [0.2, 0.25) is 0 Å². The van der Waals surface area contributed by atoms with Crippen molar-refractivity contribution in [3.63, 3.8) is 0 Å². The molecule has 3 aromatic carbocycles. The highest BCUT2D eigenvalue weighted by Crippen LogP contribution is 2.50. The lowest BCUT2D eigenvalue weighted by molar-refractivity contribution is 0.0755. The molecule has 32 heavy (non-hydrogen) atoms. The Bertz CT molecular complexity index is 1150. The van der Waals surface area contributed by atoms with Gasteiger partial charge in [-0.1, -0.05) is 68.5 Å². The Hall–Kier alpha value is -3.07. The molecular weight excluding hydrogens is 392 g/mol. The first-order valence-electron chi connectivity index (χ1n) is 12.0.